The Morgan fingerprint density at radius 1 is 0.815 bits per heavy atom. The van der Waals surface area contributed by atoms with Crippen molar-refractivity contribution in [1.82, 2.24) is 10.6 Å². The Bertz CT molecular complexity index is 2110. The average Bonchev–Trinajstić information content (AvgIpc) is 3.14. The zero-order chi connectivity index (χ0) is 38.7. The van der Waals surface area contributed by atoms with E-state index < -0.39 is 57.5 Å². The minimum atomic E-state index is -3.26. The van der Waals surface area contributed by atoms with E-state index in [1.807, 2.05) is 6.07 Å². The molecule has 0 unspecified atom stereocenters. The number of nitrogens with two attached hydrogens (primary N) is 1. The molecular weight excluding hydrogens is 719 g/mol. The summed E-state index contributed by atoms with van der Waals surface area (Å²) in [6.07, 6.45) is -0.674. The van der Waals surface area contributed by atoms with E-state index in [0.29, 0.717) is 28.9 Å². The fourth-order valence-corrected chi connectivity index (χ4v) is 7.53. The number of carbonyl (C=O) groups excluding carboxylic acids is 4. The largest absolute Gasteiger partial charge is 0.445 e. The van der Waals surface area contributed by atoms with Crippen molar-refractivity contribution in [3.05, 3.63) is 106 Å². The number of sulfone groups is 1. The Labute approximate surface area is 311 Å². The molecule has 0 saturated carbocycles. The molecule has 0 spiro atoms. The van der Waals surface area contributed by atoms with Crippen molar-refractivity contribution < 1.29 is 41.5 Å². The number of hydrogen-bond donors (Lipinski definition) is 5. The molecule has 0 bridgehead atoms. The second kappa shape index (κ2) is 18.3. The number of anilines is 2. The summed E-state index contributed by atoms with van der Waals surface area (Å²) >= 11 is 0. The van der Waals surface area contributed by atoms with E-state index in [1.165, 1.54) is 12.1 Å². The molecule has 0 aliphatic carbocycles. The maximum atomic E-state index is 13.7. The van der Waals surface area contributed by atoms with Gasteiger partial charge in [0.05, 0.1) is 11.5 Å². The van der Waals surface area contributed by atoms with Gasteiger partial charge in [-0.25, -0.2) is 22.8 Å². The van der Waals surface area contributed by atoms with Crippen LogP contribution in [0.5, 0.6) is 0 Å². The number of nitrogens with one attached hydrogen (secondary N) is 4. The lowest BCUT2D eigenvalue weighted by molar-refractivity contribution is -0.129. The van der Waals surface area contributed by atoms with Crippen LogP contribution in [-0.2, 0) is 42.1 Å². The van der Waals surface area contributed by atoms with Gasteiger partial charge >= 0.3 is 17.8 Å². The van der Waals surface area contributed by atoms with Crippen LogP contribution < -0.4 is 32.6 Å². The fraction of sp³-hybridized carbons (Fsp3) is 0.342. The molecular formula is C38H43N5O10S. The molecule has 1 aliphatic rings. The van der Waals surface area contributed by atoms with Gasteiger partial charge < -0.3 is 35.6 Å². The van der Waals surface area contributed by atoms with Crippen LogP contribution in [0, 0.1) is 12.8 Å². The fourth-order valence-electron chi connectivity index (χ4n) is 6.00. The average molecular weight is 762 g/mol. The van der Waals surface area contributed by atoms with Crippen molar-refractivity contribution in [2.45, 2.75) is 57.9 Å². The molecule has 3 aromatic carbocycles. The summed E-state index contributed by atoms with van der Waals surface area (Å²) in [5.41, 5.74) is 8.47. The van der Waals surface area contributed by atoms with Gasteiger partial charge in [0.1, 0.15) is 40.7 Å². The quantitative estimate of drug-likeness (QED) is 0.115. The molecule has 15 nitrogen and oxygen atoms in total. The third-order valence-electron chi connectivity index (χ3n) is 8.96. The third-order valence-corrected chi connectivity index (χ3v) is 10.7. The van der Waals surface area contributed by atoms with Crippen molar-refractivity contribution in [1.29, 1.82) is 0 Å². The van der Waals surface area contributed by atoms with Gasteiger partial charge in [-0.15, -0.1) is 0 Å². The summed E-state index contributed by atoms with van der Waals surface area (Å²) in [7, 11) is -3.26. The Hall–Kier alpha value is -5.74. The Kier molecular flexibility index (Phi) is 13.4. The van der Waals surface area contributed by atoms with Gasteiger partial charge in [-0.05, 0) is 86.0 Å². The molecule has 286 valence electrons. The van der Waals surface area contributed by atoms with E-state index in [0.717, 1.165) is 16.5 Å². The number of fused-ring (bicyclic) bond motifs is 1. The molecule has 54 heavy (non-hydrogen) atoms. The van der Waals surface area contributed by atoms with Crippen LogP contribution in [0.25, 0.3) is 11.0 Å². The summed E-state index contributed by atoms with van der Waals surface area (Å²) in [5.74, 6) is -1.95. The monoisotopic (exact) mass is 761 g/mol. The van der Waals surface area contributed by atoms with E-state index in [9.17, 15) is 32.4 Å². The van der Waals surface area contributed by atoms with Gasteiger partial charge in [-0.3, -0.25) is 14.9 Å². The molecule has 5 rings (SSSR count). The number of benzene rings is 3. The minimum Gasteiger partial charge on any atom is -0.445 e. The lowest BCUT2D eigenvalue weighted by Crippen LogP contribution is -2.56. The summed E-state index contributed by atoms with van der Waals surface area (Å²) in [5, 5.41) is 11.5. The standard InChI is InChI=1S/C38H43N5O10S/c1-24-20-33(44)53-32-21-29(13-14-30(24)32)41-37(47)51-23-26-9-11-28(12-10-26)40-35(45)31(8-5-17-39)42-36(46)34(27-15-18-54(49,50)19-16-27)43-38(48)52-22-25-6-3-2-4-7-25/h2-4,6-7,9-14,20-21,27,31,34H,5,8,15-19,22-23,39H2,1H3,(H,40,45)(H,41,47)(H,42,46)(H,43,48)/t31-,34-/m0/s1. The Morgan fingerprint density at radius 2 is 1.46 bits per heavy atom. The van der Waals surface area contributed by atoms with Crippen molar-refractivity contribution in [3.63, 3.8) is 0 Å². The number of alkyl carbamates (subject to hydrolysis) is 1. The van der Waals surface area contributed by atoms with Crippen molar-refractivity contribution in [3.8, 4) is 0 Å². The van der Waals surface area contributed by atoms with E-state index in [4.69, 9.17) is 19.6 Å². The SMILES string of the molecule is Cc1cc(=O)oc2cc(NC(=O)OCc3ccc(NC(=O)[C@H](CCCN)NC(=O)[C@@H](NC(=O)OCc4ccccc4)C4CCS(=O)(=O)CC4)cc3)ccc12. The summed E-state index contributed by atoms with van der Waals surface area (Å²) in [4.78, 5) is 64.2. The van der Waals surface area contributed by atoms with Crippen LogP contribution in [0.4, 0.5) is 21.0 Å². The zero-order valence-electron chi connectivity index (χ0n) is 29.7. The maximum absolute atomic E-state index is 13.7. The van der Waals surface area contributed by atoms with E-state index in [1.54, 1.807) is 67.6 Å². The second-order valence-electron chi connectivity index (χ2n) is 13.0. The van der Waals surface area contributed by atoms with Gasteiger partial charge in [0.25, 0.3) is 0 Å². The molecule has 2 heterocycles. The topological polar surface area (TPSA) is 225 Å². The van der Waals surface area contributed by atoms with Gasteiger partial charge in [0, 0.05) is 28.9 Å². The predicted molar refractivity (Wildman–Crippen MR) is 201 cm³/mol. The molecule has 16 heteroatoms. The van der Waals surface area contributed by atoms with E-state index >= 15 is 0 Å². The van der Waals surface area contributed by atoms with Crippen LogP contribution in [0.15, 0.2) is 88.1 Å². The molecule has 4 amide bonds. The van der Waals surface area contributed by atoms with Crippen LogP contribution in [0.2, 0.25) is 0 Å². The Balaban J connectivity index is 1.17. The maximum Gasteiger partial charge on any atom is 0.411 e. The zero-order valence-corrected chi connectivity index (χ0v) is 30.5. The highest BCUT2D eigenvalue weighted by Gasteiger charge is 2.36. The molecule has 1 aliphatic heterocycles. The molecule has 2 atom stereocenters. The van der Waals surface area contributed by atoms with E-state index in [2.05, 4.69) is 21.3 Å². The first-order valence-electron chi connectivity index (χ1n) is 17.5. The first-order valence-corrected chi connectivity index (χ1v) is 19.3. The molecule has 1 saturated heterocycles. The number of amides is 4. The van der Waals surface area contributed by atoms with Crippen molar-refractivity contribution >= 4 is 56.2 Å². The molecule has 1 aromatic heterocycles. The normalized spacial score (nSPS) is 15.0. The lowest BCUT2D eigenvalue weighted by Gasteiger charge is -2.31. The Morgan fingerprint density at radius 3 is 2.15 bits per heavy atom. The van der Waals surface area contributed by atoms with Gasteiger partial charge in [0.15, 0.2) is 0 Å². The van der Waals surface area contributed by atoms with Gasteiger partial charge in [-0.2, -0.15) is 0 Å². The first kappa shape index (κ1) is 39.5. The summed E-state index contributed by atoms with van der Waals surface area (Å²) in [6.45, 7) is 1.93. The van der Waals surface area contributed by atoms with Crippen molar-refractivity contribution in [2.24, 2.45) is 11.7 Å². The third kappa shape index (κ3) is 11.4. The number of hydrogen-bond acceptors (Lipinski definition) is 11. The van der Waals surface area contributed by atoms with Crippen LogP contribution in [0.1, 0.15) is 42.4 Å². The highest BCUT2D eigenvalue weighted by atomic mass is 32.2. The minimum absolute atomic E-state index is 0.0351. The van der Waals surface area contributed by atoms with E-state index in [-0.39, 0.29) is 50.5 Å². The summed E-state index contributed by atoms with van der Waals surface area (Å²) < 4.78 is 40.1. The van der Waals surface area contributed by atoms with Crippen LogP contribution in [0.3, 0.4) is 0 Å². The molecule has 6 N–H and O–H groups in total. The highest BCUT2D eigenvalue weighted by molar-refractivity contribution is 7.91. The lowest BCUT2D eigenvalue weighted by atomic mass is 9.92. The second-order valence-corrected chi connectivity index (χ2v) is 15.3. The number of carbonyl (C=O) groups is 4. The van der Waals surface area contributed by atoms with Gasteiger partial charge in [0.2, 0.25) is 11.8 Å². The smallest absolute Gasteiger partial charge is 0.411 e. The predicted octanol–water partition coefficient (Wildman–Crippen LogP) is 4.13. The van der Waals surface area contributed by atoms with Crippen molar-refractivity contribution in [2.75, 3.05) is 28.7 Å². The number of rotatable bonds is 14. The number of aryl methyl sites for hydroxylation is 1. The van der Waals surface area contributed by atoms with Crippen LogP contribution >= 0.6 is 0 Å². The highest BCUT2D eigenvalue weighted by Crippen LogP contribution is 2.24. The molecule has 0 radical (unpaired) electrons. The molecule has 1 fully saturated rings. The first-order chi connectivity index (χ1) is 25.9. The summed E-state index contributed by atoms with van der Waals surface area (Å²) in [6, 6.07) is 19.6. The number of ether oxygens (including phenoxy) is 2. The molecule has 4 aromatic rings. The van der Waals surface area contributed by atoms with Crippen LogP contribution in [-0.4, -0.2) is 62.6 Å². The van der Waals surface area contributed by atoms with Gasteiger partial charge in [-0.1, -0.05) is 42.5 Å².